The number of aromatic nitrogens is 1. The van der Waals surface area contributed by atoms with E-state index in [9.17, 15) is 20.1 Å². The number of hydrogen-bond acceptors (Lipinski definition) is 8. The average Bonchev–Trinajstić information content (AvgIpc) is 3.26. The molecule has 1 aromatic heterocycles. The van der Waals surface area contributed by atoms with Crippen LogP contribution in [0.4, 0.5) is 0 Å². The Kier molecular flexibility index (Phi) is 7.85. The lowest BCUT2D eigenvalue weighted by Gasteiger charge is -2.55. The highest BCUT2D eigenvalue weighted by molar-refractivity contribution is 7.09. The summed E-state index contributed by atoms with van der Waals surface area (Å²) in [7, 11) is 0. The van der Waals surface area contributed by atoms with Crippen molar-refractivity contribution in [2.45, 2.75) is 103 Å². The highest BCUT2D eigenvalue weighted by atomic mass is 32.1. The van der Waals surface area contributed by atoms with E-state index < -0.39 is 41.7 Å². The maximum atomic E-state index is 13.2. The molecule has 2 unspecified atom stereocenters. The third kappa shape index (κ3) is 5.07. The number of ether oxygens (including phenoxy) is 2. The highest BCUT2D eigenvalue weighted by Gasteiger charge is 2.58. The molecule has 0 amide bonds. The topological polar surface area (TPSA) is 112 Å². The lowest BCUT2D eigenvalue weighted by atomic mass is 9.53. The number of aryl methyl sites for hydroxylation is 1. The van der Waals surface area contributed by atoms with Crippen molar-refractivity contribution in [1.82, 2.24) is 4.98 Å². The van der Waals surface area contributed by atoms with Gasteiger partial charge in [-0.15, -0.1) is 17.9 Å². The second-order valence-corrected chi connectivity index (χ2v) is 12.6. The molecule has 36 heavy (non-hydrogen) atoms. The second kappa shape index (κ2) is 10.3. The number of allylic oxidation sites excluding steroid dienone is 1. The van der Waals surface area contributed by atoms with Crippen molar-refractivity contribution in [2.75, 3.05) is 0 Å². The fourth-order valence-corrected chi connectivity index (χ4v) is 7.16. The number of cyclic esters (lactones) is 1. The lowest BCUT2D eigenvalue weighted by Crippen LogP contribution is -2.61. The quantitative estimate of drug-likeness (QED) is 0.314. The van der Waals surface area contributed by atoms with Gasteiger partial charge >= 0.3 is 5.97 Å². The minimum Gasteiger partial charge on any atom is -0.458 e. The van der Waals surface area contributed by atoms with Gasteiger partial charge in [0.1, 0.15) is 6.10 Å². The summed E-state index contributed by atoms with van der Waals surface area (Å²) in [5.41, 5.74) is 0.353. The number of fused-ring (bicyclic) bond motifs is 3. The molecule has 200 valence electrons. The number of carbonyl (C=O) groups excluding carboxylic acids is 1. The van der Waals surface area contributed by atoms with Gasteiger partial charge in [0.15, 0.2) is 0 Å². The van der Waals surface area contributed by atoms with E-state index in [1.54, 1.807) is 31.3 Å². The van der Waals surface area contributed by atoms with E-state index in [4.69, 9.17) is 9.47 Å². The van der Waals surface area contributed by atoms with Crippen LogP contribution in [0.25, 0.3) is 6.08 Å². The molecule has 7 nitrogen and oxygen atoms in total. The molecular formula is C28H41NO6S. The maximum Gasteiger partial charge on any atom is 0.309 e. The molecule has 10 atom stereocenters. The molecule has 0 aromatic carbocycles. The molecule has 3 N–H and O–H groups in total. The van der Waals surface area contributed by atoms with Gasteiger partial charge < -0.3 is 24.8 Å². The third-order valence-electron chi connectivity index (χ3n) is 9.09. The average molecular weight is 520 g/mol. The fourth-order valence-electron chi connectivity index (χ4n) is 6.59. The lowest BCUT2D eigenvalue weighted by molar-refractivity contribution is -0.192. The van der Waals surface area contributed by atoms with E-state index in [1.807, 2.05) is 25.3 Å². The van der Waals surface area contributed by atoms with Crippen LogP contribution in [0.15, 0.2) is 23.6 Å². The van der Waals surface area contributed by atoms with E-state index >= 15 is 0 Å². The van der Waals surface area contributed by atoms with Crippen molar-refractivity contribution >= 4 is 23.4 Å². The van der Waals surface area contributed by atoms with Gasteiger partial charge in [0, 0.05) is 23.1 Å². The van der Waals surface area contributed by atoms with Crippen LogP contribution >= 0.6 is 11.3 Å². The normalized spacial score (nSPS) is 44.2. The number of aliphatic hydroxyl groups excluding tert-OH is 3. The first-order chi connectivity index (χ1) is 16.9. The summed E-state index contributed by atoms with van der Waals surface area (Å²) in [6.45, 7) is 13.6. The maximum absolute atomic E-state index is 13.2. The number of hydrogen-bond donors (Lipinski definition) is 3. The van der Waals surface area contributed by atoms with Gasteiger partial charge in [0.25, 0.3) is 0 Å². The number of thiazole rings is 1. The fraction of sp³-hybridized carbons (Fsp3) is 0.714. The van der Waals surface area contributed by atoms with E-state index in [1.165, 1.54) is 0 Å². The van der Waals surface area contributed by atoms with Gasteiger partial charge in [-0.2, -0.15) is 0 Å². The number of aliphatic hydroxyl groups is 3. The second-order valence-electron chi connectivity index (χ2n) is 11.5. The molecule has 1 saturated carbocycles. The molecule has 2 bridgehead atoms. The summed E-state index contributed by atoms with van der Waals surface area (Å²) in [5, 5.41) is 36.6. The van der Waals surface area contributed by atoms with Crippen LogP contribution in [0.2, 0.25) is 0 Å². The van der Waals surface area contributed by atoms with Crippen molar-refractivity contribution in [3.63, 3.8) is 0 Å². The Balaban J connectivity index is 1.64. The summed E-state index contributed by atoms with van der Waals surface area (Å²) in [5.74, 6) is -1.52. The molecule has 0 spiro atoms. The van der Waals surface area contributed by atoms with Crippen molar-refractivity contribution in [3.05, 3.63) is 34.3 Å². The Morgan fingerprint density at radius 1 is 1.31 bits per heavy atom. The predicted molar refractivity (Wildman–Crippen MR) is 139 cm³/mol. The van der Waals surface area contributed by atoms with Gasteiger partial charge in [0.05, 0.1) is 47.1 Å². The largest absolute Gasteiger partial charge is 0.458 e. The molecular weight excluding hydrogens is 478 g/mol. The van der Waals surface area contributed by atoms with Gasteiger partial charge in [-0.25, -0.2) is 4.98 Å². The molecule has 0 radical (unpaired) electrons. The first-order valence-corrected chi connectivity index (χ1v) is 13.9. The van der Waals surface area contributed by atoms with Crippen molar-refractivity contribution in [1.29, 1.82) is 0 Å². The van der Waals surface area contributed by atoms with Gasteiger partial charge in [0.2, 0.25) is 0 Å². The van der Waals surface area contributed by atoms with Crippen LogP contribution in [0.3, 0.4) is 0 Å². The first kappa shape index (κ1) is 27.5. The van der Waals surface area contributed by atoms with Crippen molar-refractivity contribution in [3.8, 4) is 0 Å². The molecule has 3 fully saturated rings. The van der Waals surface area contributed by atoms with E-state index in [2.05, 4.69) is 18.5 Å². The number of esters is 1. The Hall–Kier alpha value is -1.58. The summed E-state index contributed by atoms with van der Waals surface area (Å²) in [6.07, 6.45) is 2.89. The molecule has 1 aromatic rings. The Morgan fingerprint density at radius 3 is 2.67 bits per heavy atom. The summed E-state index contributed by atoms with van der Waals surface area (Å²) >= 11 is 1.56. The zero-order chi connectivity index (χ0) is 26.4. The smallest absolute Gasteiger partial charge is 0.309 e. The van der Waals surface area contributed by atoms with Gasteiger partial charge in [-0.1, -0.05) is 26.3 Å². The third-order valence-corrected chi connectivity index (χ3v) is 9.88. The van der Waals surface area contributed by atoms with Crippen LogP contribution in [0.1, 0.15) is 70.5 Å². The standard InChI is InChI=1S/C28H41NO6S/c1-7-20-19-9-8-10-27(5)23(35-27)12-21(15(2)11-18-14-36-17(4)29-18)34-24(31)13-22(30)28(20,6)26(33)16(3)25(19)32/h7,11,14,16,19-23,25-26,30,32-33H,1,8-10,12-13H2,2-6H3/b15-11+/t16-,19-,20?,21+,22+,23+,25-,26?,27-,28-/m1/s1. The number of rotatable bonds is 3. The van der Waals surface area contributed by atoms with E-state index in [0.29, 0.717) is 6.42 Å². The molecule has 4 rings (SSSR count). The monoisotopic (exact) mass is 519 g/mol. The van der Waals surface area contributed by atoms with Crippen molar-refractivity contribution < 1.29 is 29.6 Å². The minimum atomic E-state index is -1.16. The molecule has 3 heterocycles. The first-order valence-electron chi connectivity index (χ1n) is 13.0. The van der Waals surface area contributed by atoms with Crippen molar-refractivity contribution in [2.24, 2.45) is 23.2 Å². The van der Waals surface area contributed by atoms with Crippen LogP contribution in [-0.4, -0.2) is 62.4 Å². The van der Waals surface area contributed by atoms with Crippen LogP contribution < -0.4 is 0 Å². The Morgan fingerprint density at radius 2 is 2.03 bits per heavy atom. The molecule has 8 heteroatoms. The number of epoxide rings is 1. The van der Waals surface area contributed by atoms with Gasteiger partial charge in [-0.05, 0) is 57.1 Å². The highest BCUT2D eigenvalue weighted by Crippen LogP contribution is 2.53. The van der Waals surface area contributed by atoms with Gasteiger partial charge in [-0.3, -0.25) is 4.79 Å². The predicted octanol–water partition coefficient (Wildman–Crippen LogP) is 4.05. The van der Waals surface area contributed by atoms with E-state index in [0.717, 1.165) is 35.5 Å². The molecule has 2 aliphatic heterocycles. The summed E-state index contributed by atoms with van der Waals surface area (Å²) in [4.78, 5) is 17.7. The Labute approximate surface area is 218 Å². The van der Waals surface area contributed by atoms with Crippen LogP contribution in [0.5, 0.6) is 0 Å². The molecule has 2 saturated heterocycles. The molecule has 3 aliphatic rings. The van der Waals surface area contributed by atoms with Crippen LogP contribution in [-0.2, 0) is 14.3 Å². The zero-order valence-electron chi connectivity index (χ0n) is 22.0. The molecule has 1 aliphatic carbocycles. The Bertz CT molecular complexity index is 1010. The minimum absolute atomic E-state index is 0.0406. The number of nitrogens with zero attached hydrogens (tertiary/aromatic N) is 1. The zero-order valence-corrected chi connectivity index (χ0v) is 22.8. The summed E-state index contributed by atoms with van der Waals surface area (Å²) in [6, 6.07) is 0. The number of carbonyl (C=O) groups is 1. The van der Waals surface area contributed by atoms with Crippen LogP contribution in [0, 0.1) is 30.1 Å². The summed E-state index contributed by atoms with van der Waals surface area (Å²) < 4.78 is 12.1. The SMILES string of the molecule is C=CC1[C@H]2CCC[C@@]3(C)O[C@H]3C[C@@H](/C(C)=C/c3csc(C)n3)OC(=O)C[C@H](O)[C@]1(C)C(O)[C@H](C)[C@H]2O. The van der Waals surface area contributed by atoms with E-state index in [-0.39, 0.29) is 30.0 Å².